The molecular formula is C27H27N3O4. The summed E-state index contributed by atoms with van der Waals surface area (Å²) < 4.78 is 5.78. The molecule has 0 saturated carbocycles. The largest absolute Gasteiger partial charge is 0.492 e. The van der Waals surface area contributed by atoms with Gasteiger partial charge >= 0.3 is 0 Å². The van der Waals surface area contributed by atoms with E-state index in [2.05, 4.69) is 5.32 Å². The monoisotopic (exact) mass is 457 g/mol. The first-order valence-electron chi connectivity index (χ1n) is 11.6. The van der Waals surface area contributed by atoms with Crippen molar-refractivity contribution >= 4 is 34.2 Å². The summed E-state index contributed by atoms with van der Waals surface area (Å²) in [6.45, 7) is 2.86. The number of anilines is 1. The van der Waals surface area contributed by atoms with Crippen molar-refractivity contribution in [2.45, 2.75) is 31.8 Å². The summed E-state index contributed by atoms with van der Waals surface area (Å²) in [4.78, 5) is 41.7. The van der Waals surface area contributed by atoms with Gasteiger partial charge in [-0.25, -0.2) is 0 Å². The standard InChI is InChI=1S/C27H27N3O4/c1-27-14-12-25(32)30(27)23-9-5-4-8-22(23)26(33)29(27)16-13-24(31)28-15-17-34-21-11-10-19-6-2-3-7-20(19)18-21/h2-11,18H,12-17H2,1H3,(H,28,31). The predicted octanol–water partition coefficient (Wildman–Crippen LogP) is 3.72. The van der Waals surface area contributed by atoms with Crippen molar-refractivity contribution in [3.8, 4) is 5.75 Å². The van der Waals surface area contributed by atoms with Crippen molar-refractivity contribution in [2.24, 2.45) is 0 Å². The highest BCUT2D eigenvalue weighted by molar-refractivity contribution is 6.10. The van der Waals surface area contributed by atoms with Gasteiger partial charge in [-0.15, -0.1) is 0 Å². The average molecular weight is 458 g/mol. The van der Waals surface area contributed by atoms with Crippen molar-refractivity contribution in [1.82, 2.24) is 10.2 Å². The predicted molar refractivity (Wildman–Crippen MR) is 130 cm³/mol. The molecule has 1 fully saturated rings. The number of hydrogen-bond donors (Lipinski definition) is 1. The van der Waals surface area contributed by atoms with Gasteiger partial charge in [0.25, 0.3) is 5.91 Å². The summed E-state index contributed by atoms with van der Waals surface area (Å²) in [6.07, 6.45) is 1.08. The van der Waals surface area contributed by atoms with Gasteiger partial charge in [0.1, 0.15) is 18.0 Å². The van der Waals surface area contributed by atoms with Gasteiger partial charge in [0.15, 0.2) is 0 Å². The van der Waals surface area contributed by atoms with Gasteiger partial charge in [-0.1, -0.05) is 42.5 Å². The van der Waals surface area contributed by atoms with Gasteiger partial charge in [0, 0.05) is 19.4 Å². The Hall–Kier alpha value is -3.87. The zero-order valence-corrected chi connectivity index (χ0v) is 19.1. The fourth-order valence-corrected chi connectivity index (χ4v) is 4.96. The van der Waals surface area contributed by atoms with Gasteiger partial charge in [0.2, 0.25) is 11.8 Å². The Balaban J connectivity index is 1.16. The molecule has 1 N–H and O–H groups in total. The number of benzene rings is 3. The molecule has 7 heteroatoms. The first kappa shape index (κ1) is 21.9. The Morgan fingerprint density at radius 1 is 1.03 bits per heavy atom. The quantitative estimate of drug-likeness (QED) is 0.549. The molecule has 3 amide bonds. The van der Waals surface area contributed by atoms with Crippen LogP contribution in [-0.2, 0) is 9.59 Å². The lowest BCUT2D eigenvalue weighted by Crippen LogP contribution is -2.62. The second kappa shape index (κ2) is 8.82. The molecule has 0 aromatic heterocycles. The van der Waals surface area contributed by atoms with Crippen molar-refractivity contribution in [1.29, 1.82) is 0 Å². The minimum Gasteiger partial charge on any atom is -0.492 e. The van der Waals surface area contributed by atoms with E-state index >= 15 is 0 Å². The van der Waals surface area contributed by atoms with Crippen LogP contribution in [0.15, 0.2) is 66.7 Å². The Morgan fingerprint density at radius 3 is 2.65 bits per heavy atom. The Kier molecular flexibility index (Phi) is 5.69. The lowest BCUT2D eigenvalue weighted by atomic mass is 9.98. The summed E-state index contributed by atoms with van der Waals surface area (Å²) in [5, 5.41) is 5.11. The molecule has 0 spiro atoms. The number of rotatable bonds is 7. The fraction of sp³-hybridized carbons (Fsp3) is 0.296. The molecule has 2 heterocycles. The molecular weight excluding hydrogens is 430 g/mol. The van der Waals surface area contributed by atoms with E-state index in [0.717, 1.165) is 16.5 Å². The molecule has 2 aliphatic rings. The minimum atomic E-state index is -0.748. The van der Waals surface area contributed by atoms with Crippen molar-refractivity contribution in [3.63, 3.8) is 0 Å². The van der Waals surface area contributed by atoms with Crippen molar-refractivity contribution < 1.29 is 19.1 Å². The van der Waals surface area contributed by atoms with E-state index in [9.17, 15) is 14.4 Å². The van der Waals surface area contributed by atoms with E-state index in [1.165, 1.54) is 0 Å². The normalized spacial score (nSPS) is 19.2. The van der Waals surface area contributed by atoms with Gasteiger partial charge in [-0.3, -0.25) is 19.3 Å². The molecule has 7 nitrogen and oxygen atoms in total. The molecule has 174 valence electrons. The summed E-state index contributed by atoms with van der Waals surface area (Å²) in [5.74, 6) is 0.455. The maximum Gasteiger partial charge on any atom is 0.257 e. The van der Waals surface area contributed by atoms with E-state index in [1.807, 2.05) is 61.5 Å². The maximum absolute atomic E-state index is 13.2. The number of ether oxygens (including phenoxy) is 1. The average Bonchev–Trinajstić information content (AvgIpc) is 3.16. The number of amides is 3. The first-order valence-corrected chi connectivity index (χ1v) is 11.6. The SMILES string of the molecule is CC12CCC(=O)N1c1ccccc1C(=O)N2CCC(=O)NCCOc1ccc2ccccc2c1. The highest BCUT2D eigenvalue weighted by Crippen LogP contribution is 2.43. The molecule has 5 rings (SSSR count). The summed E-state index contributed by atoms with van der Waals surface area (Å²) in [5.41, 5.74) is 0.408. The lowest BCUT2D eigenvalue weighted by molar-refractivity contribution is -0.121. The van der Waals surface area contributed by atoms with Gasteiger partial charge in [-0.05, 0) is 48.4 Å². The van der Waals surface area contributed by atoms with Crippen LogP contribution in [0.4, 0.5) is 5.69 Å². The third-order valence-electron chi connectivity index (χ3n) is 6.72. The van der Waals surface area contributed by atoms with Crippen LogP contribution < -0.4 is 15.0 Å². The molecule has 0 bridgehead atoms. The third-order valence-corrected chi connectivity index (χ3v) is 6.72. The summed E-state index contributed by atoms with van der Waals surface area (Å²) in [7, 11) is 0. The molecule has 1 saturated heterocycles. The molecule has 1 atom stereocenters. The summed E-state index contributed by atoms with van der Waals surface area (Å²) >= 11 is 0. The zero-order chi connectivity index (χ0) is 23.7. The van der Waals surface area contributed by atoms with E-state index in [4.69, 9.17) is 4.74 Å². The number of nitrogens with one attached hydrogen (secondary N) is 1. The first-order chi connectivity index (χ1) is 16.5. The number of carbonyl (C=O) groups excluding carboxylic acids is 3. The highest BCUT2D eigenvalue weighted by Gasteiger charge is 2.52. The highest BCUT2D eigenvalue weighted by atomic mass is 16.5. The van der Waals surface area contributed by atoms with Crippen LogP contribution in [0.2, 0.25) is 0 Å². The molecule has 2 aliphatic heterocycles. The number of nitrogens with zero attached hydrogens (tertiary/aromatic N) is 2. The molecule has 34 heavy (non-hydrogen) atoms. The number of para-hydroxylation sites is 1. The van der Waals surface area contributed by atoms with Crippen molar-refractivity contribution in [3.05, 3.63) is 72.3 Å². The van der Waals surface area contributed by atoms with Crippen LogP contribution in [-0.4, -0.2) is 48.0 Å². The second-order valence-electron chi connectivity index (χ2n) is 8.88. The van der Waals surface area contributed by atoms with E-state index in [1.54, 1.807) is 21.9 Å². The third kappa shape index (κ3) is 3.87. The Labute approximate surface area is 198 Å². The molecule has 0 radical (unpaired) electrons. The van der Waals surface area contributed by atoms with Gasteiger partial charge in [0.05, 0.1) is 17.8 Å². The fourth-order valence-electron chi connectivity index (χ4n) is 4.96. The van der Waals surface area contributed by atoms with Crippen LogP contribution in [0.1, 0.15) is 36.5 Å². The number of fused-ring (bicyclic) bond motifs is 4. The number of hydrogen-bond acceptors (Lipinski definition) is 4. The van der Waals surface area contributed by atoms with E-state index in [-0.39, 0.29) is 30.7 Å². The van der Waals surface area contributed by atoms with Crippen molar-refractivity contribution in [2.75, 3.05) is 24.6 Å². The van der Waals surface area contributed by atoms with Crippen LogP contribution in [0.25, 0.3) is 10.8 Å². The summed E-state index contributed by atoms with van der Waals surface area (Å²) in [6, 6.07) is 21.1. The van der Waals surface area contributed by atoms with Gasteiger partial charge < -0.3 is 15.0 Å². The lowest BCUT2D eigenvalue weighted by Gasteiger charge is -2.48. The van der Waals surface area contributed by atoms with E-state index in [0.29, 0.717) is 37.2 Å². The Morgan fingerprint density at radius 2 is 1.79 bits per heavy atom. The smallest absolute Gasteiger partial charge is 0.257 e. The minimum absolute atomic E-state index is 0.00254. The molecule has 3 aromatic carbocycles. The van der Waals surface area contributed by atoms with Crippen LogP contribution in [0.5, 0.6) is 5.75 Å². The Bertz CT molecular complexity index is 1270. The maximum atomic E-state index is 13.2. The topological polar surface area (TPSA) is 79.0 Å². The molecule has 3 aromatic rings. The van der Waals surface area contributed by atoms with Crippen LogP contribution >= 0.6 is 0 Å². The van der Waals surface area contributed by atoms with Gasteiger partial charge in [-0.2, -0.15) is 0 Å². The zero-order valence-electron chi connectivity index (χ0n) is 19.1. The second-order valence-corrected chi connectivity index (χ2v) is 8.88. The van der Waals surface area contributed by atoms with E-state index < -0.39 is 5.66 Å². The molecule has 1 unspecified atom stereocenters. The van der Waals surface area contributed by atoms with Crippen LogP contribution in [0.3, 0.4) is 0 Å². The van der Waals surface area contributed by atoms with Crippen LogP contribution in [0, 0.1) is 0 Å². The number of carbonyl (C=O) groups is 3. The molecule has 0 aliphatic carbocycles.